The van der Waals surface area contributed by atoms with Gasteiger partial charge in [-0.2, -0.15) is 0 Å². The van der Waals surface area contributed by atoms with Crippen LogP contribution >= 0.6 is 27.3 Å². The highest BCUT2D eigenvalue weighted by Gasteiger charge is 2.33. The second-order valence-corrected chi connectivity index (χ2v) is 7.63. The number of halogens is 1. The van der Waals surface area contributed by atoms with E-state index in [-0.39, 0.29) is 0 Å². The van der Waals surface area contributed by atoms with E-state index in [1.54, 1.807) is 0 Å². The second-order valence-electron chi connectivity index (χ2n) is 5.43. The zero-order valence-electron chi connectivity index (χ0n) is 10.3. The highest BCUT2D eigenvalue weighted by Crippen LogP contribution is 2.37. The van der Waals surface area contributed by atoms with Gasteiger partial charge in [-0.1, -0.05) is 20.3 Å². The van der Waals surface area contributed by atoms with Crippen molar-refractivity contribution in [3.8, 4) is 0 Å². The Morgan fingerprint density at radius 3 is 2.81 bits per heavy atom. The van der Waals surface area contributed by atoms with Gasteiger partial charge in [0.25, 0.3) is 0 Å². The molecule has 0 bridgehead atoms. The second kappa shape index (κ2) is 4.79. The van der Waals surface area contributed by atoms with Gasteiger partial charge < -0.3 is 5.32 Å². The van der Waals surface area contributed by atoms with Gasteiger partial charge in [-0.25, -0.2) is 0 Å². The van der Waals surface area contributed by atoms with Gasteiger partial charge >= 0.3 is 0 Å². The molecule has 1 saturated carbocycles. The summed E-state index contributed by atoms with van der Waals surface area (Å²) in [4.78, 5) is 2.81. The third-order valence-electron chi connectivity index (χ3n) is 3.69. The van der Waals surface area contributed by atoms with Crippen molar-refractivity contribution in [2.75, 3.05) is 0 Å². The maximum absolute atomic E-state index is 3.72. The van der Waals surface area contributed by atoms with Crippen LogP contribution in [-0.4, -0.2) is 6.04 Å². The molecule has 1 aromatic heterocycles. The Bertz CT molecular complexity index is 351. The van der Waals surface area contributed by atoms with Gasteiger partial charge in [-0.3, -0.25) is 0 Å². The predicted octanol–water partition coefficient (Wildman–Crippen LogP) is 4.49. The molecule has 0 spiro atoms. The van der Waals surface area contributed by atoms with E-state index in [0.717, 1.165) is 6.54 Å². The summed E-state index contributed by atoms with van der Waals surface area (Å²) in [6, 6.07) is 2.93. The summed E-state index contributed by atoms with van der Waals surface area (Å²) in [6.45, 7) is 7.95. The Morgan fingerprint density at radius 1 is 1.56 bits per heavy atom. The molecule has 0 saturated heterocycles. The molecular formula is C13H20BrNS. The fourth-order valence-electron chi connectivity index (χ4n) is 2.53. The molecule has 1 aliphatic rings. The van der Waals surface area contributed by atoms with Gasteiger partial charge in [0.15, 0.2) is 0 Å². The van der Waals surface area contributed by atoms with Crippen molar-refractivity contribution in [1.82, 2.24) is 5.32 Å². The molecule has 1 atom stereocenters. The molecule has 1 aromatic rings. The Labute approximate surface area is 111 Å². The van der Waals surface area contributed by atoms with Gasteiger partial charge in [0, 0.05) is 26.8 Å². The van der Waals surface area contributed by atoms with Crippen molar-refractivity contribution < 1.29 is 0 Å². The quantitative estimate of drug-likeness (QED) is 0.867. The van der Waals surface area contributed by atoms with Crippen molar-refractivity contribution in [1.29, 1.82) is 0 Å². The molecule has 90 valence electrons. The van der Waals surface area contributed by atoms with Crippen LogP contribution < -0.4 is 5.32 Å². The molecule has 1 nitrogen and oxygen atoms in total. The molecule has 1 aliphatic carbocycles. The Kier molecular flexibility index (Phi) is 3.77. The lowest BCUT2D eigenvalue weighted by atomic mass is 9.87. The highest BCUT2D eigenvalue weighted by atomic mass is 79.9. The van der Waals surface area contributed by atoms with E-state index in [1.807, 2.05) is 11.3 Å². The lowest BCUT2D eigenvalue weighted by Crippen LogP contribution is -2.36. The van der Waals surface area contributed by atoms with Crippen LogP contribution in [0.5, 0.6) is 0 Å². The molecular weight excluding hydrogens is 282 g/mol. The van der Waals surface area contributed by atoms with Crippen molar-refractivity contribution in [2.24, 2.45) is 5.41 Å². The van der Waals surface area contributed by atoms with Gasteiger partial charge in [0.2, 0.25) is 0 Å². The maximum Gasteiger partial charge on any atom is 0.0314 e. The van der Waals surface area contributed by atoms with E-state index in [0.29, 0.717) is 11.5 Å². The minimum absolute atomic E-state index is 0.476. The average molecular weight is 302 g/mol. The molecule has 1 heterocycles. The molecule has 0 aromatic carbocycles. The van der Waals surface area contributed by atoms with E-state index in [4.69, 9.17) is 0 Å². The van der Waals surface area contributed by atoms with Crippen LogP contribution in [0.25, 0.3) is 0 Å². The van der Waals surface area contributed by atoms with E-state index in [9.17, 15) is 0 Å². The van der Waals surface area contributed by atoms with Crippen LogP contribution in [0, 0.1) is 12.3 Å². The molecule has 0 radical (unpaired) electrons. The normalized spacial score (nSPS) is 23.9. The summed E-state index contributed by atoms with van der Waals surface area (Å²) in [6.07, 6.45) is 4.06. The fourth-order valence-corrected chi connectivity index (χ4v) is 4.09. The van der Waals surface area contributed by atoms with Crippen LogP contribution in [-0.2, 0) is 6.54 Å². The van der Waals surface area contributed by atoms with Crippen LogP contribution in [0.2, 0.25) is 0 Å². The van der Waals surface area contributed by atoms with Crippen LogP contribution in [0.1, 0.15) is 42.9 Å². The fraction of sp³-hybridized carbons (Fsp3) is 0.692. The van der Waals surface area contributed by atoms with Crippen LogP contribution in [0.3, 0.4) is 0 Å². The Morgan fingerprint density at radius 2 is 2.31 bits per heavy atom. The average Bonchev–Trinajstić information content (AvgIpc) is 2.68. The first kappa shape index (κ1) is 12.6. The lowest BCUT2D eigenvalue weighted by Gasteiger charge is -2.27. The van der Waals surface area contributed by atoms with E-state index in [1.165, 1.54) is 33.5 Å². The predicted molar refractivity (Wildman–Crippen MR) is 75.0 cm³/mol. The molecule has 1 fully saturated rings. The summed E-state index contributed by atoms with van der Waals surface area (Å²) in [7, 11) is 0. The Balaban J connectivity index is 1.92. The first-order valence-corrected chi connectivity index (χ1v) is 7.58. The number of rotatable bonds is 3. The third-order valence-corrected chi connectivity index (χ3v) is 5.82. The summed E-state index contributed by atoms with van der Waals surface area (Å²) < 4.78 is 1.25. The molecule has 0 amide bonds. The largest absolute Gasteiger partial charge is 0.309 e. The number of hydrogen-bond donors (Lipinski definition) is 1. The summed E-state index contributed by atoms with van der Waals surface area (Å²) in [5.74, 6) is 0. The number of thiophene rings is 1. The van der Waals surface area contributed by atoms with Crippen LogP contribution in [0.4, 0.5) is 0 Å². The standard InChI is InChI=1S/C13H20BrNS/c1-9-11(14)7-10(16-9)8-15-12-5-4-6-13(12,2)3/h7,12,15H,4-6,8H2,1-3H3. The van der Waals surface area contributed by atoms with Crippen molar-refractivity contribution in [3.63, 3.8) is 0 Å². The first-order valence-electron chi connectivity index (χ1n) is 5.97. The highest BCUT2D eigenvalue weighted by molar-refractivity contribution is 9.10. The van der Waals surface area contributed by atoms with Gasteiger partial charge in [-0.05, 0) is 47.2 Å². The minimum Gasteiger partial charge on any atom is -0.309 e. The molecule has 16 heavy (non-hydrogen) atoms. The molecule has 2 rings (SSSR count). The zero-order chi connectivity index (χ0) is 11.8. The zero-order valence-corrected chi connectivity index (χ0v) is 12.7. The monoisotopic (exact) mass is 301 g/mol. The van der Waals surface area contributed by atoms with Crippen molar-refractivity contribution in [2.45, 2.75) is 52.6 Å². The molecule has 1 N–H and O–H groups in total. The van der Waals surface area contributed by atoms with E-state index in [2.05, 4.69) is 48.1 Å². The SMILES string of the molecule is Cc1sc(CNC2CCCC2(C)C)cc1Br. The van der Waals surface area contributed by atoms with Gasteiger partial charge in [0.05, 0.1) is 0 Å². The number of aryl methyl sites for hydroxylation is 1. The molecule has 0 aliphatic heterocycles. The number of hydrogen-bond acceptors (Lipinski definition) is 2. The number of nitrogens with one attached hydrogen (secondary N) is 1. The molecule has 3 heteroatoms. The van der Waals surface area contributed by atoms with E-state index < -0.39 is 0 Å². The summed E-state index contributed by atoms with van der Waals surface area (Å²) in [5, 5.41) is 3.72. The van der Waals surface area contributed by atoms with Gasteiger partial charge in [-0.15, -0.1) is 11.3 Å². The topological polar surface area (TPSA) is 12.0 Å². The minimum atomic E-state index is 0.476. The van der Waals surface area contributed by atoms with Crippen LogP contribution in [0.15, 0.2) is 10.5 Å². The smallest absolute Gasteiger partial charge is 0.0314 e. The Hall–Kier alpha value is 0.140. The van der Waals surface area contributed by atoms with Crippen molar-refractivity contribution >= 4 is 27.3 Å². The maximum atomic E-state index is 3.72. The lowest BCUT2D eigenvalue weighted by molar-refractivity contribution is 0.283. The summed E-state index contributed by atoms with van der Waals surface area (Å²) >= 11 is 5.46. The first-order chi connectivity index (χ1) is 7.49. The van der Waals surface area contributed by atoms with Crippen molar-refractivity contribution in [3.05, 3.63) is 20.3 Å². The van der Waals surface area contributed by atoms with Gasteiger partial charge in [0.1, 0.15) is 0 Å². The third kappa shape index (κ3) is 2.69. The molecule has 1 unspecified atom stereocenters. The summed E-state index contributed by atoms with van der Waals surface area (Å²) in [5.41, 5.74) is 0.476. The van der Waals surface area contributed by atoms with E-state index >= 15 is 0 Å².